The number of aromatic nitrogens is 4. The lowest BCUT2D eigenvalue weighted by Crippen LogP contribution is -2.00. The molecule has 0 fully saturated rings. The summed E-state index contributed by atoms with van der Waals surface area (Å²) < 4.78 is 6.16. The van der Waals surface area contributed by atoms with Crippen molar-refractivity contribution in [3.63, 3.8) is 0 Å². The summed E-state index contributed by atoms with van der Waals surface area (Å²) in [5.74, 6) is 1.83. The van der Waals surface area contributed by atoms with Crippen molar-refractivity contribution in [2.45, 2.75) is 0 Å². The Morgan fingerprint density at radius 1 is 0.463 bits per heavy atom. The van der Waals surface area contributed by atoms with Crippen LogP contribution in [0.25, 0.3) is 78.1 Å². The Bertz CT molecular complexity index is 2210. The van der Waals surface area contributed by atoms with E-state index in [1.807, 2.05) is 91.1 Å². The van der Waals surface area contributed by atoms with Gasteiger partial charge in [0.15, 0.2) is 17.5 Å². The van der Waals surface area contributed by atoms with Crippen LogP contribution in [0.15, 0.2) is 138 Å². The number of hydrogen-bond acceptors (Lipinski definition) is 5. The van der Waals surface area contributed by atoms with Crippen LogP contribution >= 0.6 is 0 Å². The van der Waals surface area contributed by atoms with Gasteiger partial charge < -0.3 is 4.42 Å². The average molecular weight is 527 g/mol. The van der Waals surface area contributed by atoms with Crippen LogP contribution in [0, 0.1) is 0 Å². The molecule has 192 valence electrons. The Morgan fingerprint density at radius 2 is 1.15 bits per heavy atom. The molecule has 0 aliphatic heterocycles. The van der Waals surface area contributed by atoms with Gasteiger partial charge >= 0.3 is 0 Å². The summed E-state index contributed by atoms with van der Waals surface area (Å²) in [6, 6.07) is 42.7. The fourth-order valence-corrected chi connectivity index (χ4v) is 5.35. The van der Waals surface area contributed by atoms with Crippen molar-refractivity contribution in [1.82, 2.24) is 19.9 Å². The predicted octanol–water partition coefficient (Wildman–Crippen LogP) is 8.99. The molecule has 3 heterocycles. The number of rotatable bonds is 4. The van der Waals surface area contributed by atoms with Gasteiger partial charge in [-0.1, -0.05) is 103 Å². The second-order valence-corrected chi connectivity index (χ2v) is 9.95. The normalized spacial score (nSPS) is 11.4. The maximum Gasteiger partial charge on any atom is 0.164 e. The molecule has 41 heavy (non-hydrogen) atoms. The molecular formula is C36H22N4O. The van der Waals surface area contributed by atoms with Crippen LogP contribution in [-0.4, -0.2) is 19.9 Å². The first-order valence-corrected chi connectivity index (χ1v) is 13.5. The van der Waals surface area contributed by atoms with E-state index in [1.54, 1.807) is 0 Å². The first-order valence-electron chi connectivity index (χ1n) is 13.5. The van der Waals surface area contributed by atoms with Gasteiger partial charge in [0.05, 0.1) is 5.69 Å². The second kappa shape index (κ2) is 9.50. The maximum absolute atomic E-state index is 6.16. The summed E-state index contributed by atoms with van der Waals surface area (Å²) in [5, 5.41) is 4.16. The smallest absolute Gasteiger partial charge is 0.164 e. The monoisotopic (exact) mass is 526 g/mol. The minimum absolute atomic E-state index is 0.603. The third-order valence-electron chi connectivity index (χ3n) is 7.36. The van der Waals surface area contributed by atoms with Gasteiger partial charge in [-0.3, -0.25) is 4.98 Å². The van der Waals surface area contributed by atoms with Gasteiger partial charge in [0.25, 0.3) is 0 Å². The quantitative estimate of drug-likeness (QED) is 0.229. The molecule has 0 spiro atoms. The van der Waals surface area contributed by atoms with Crippen molar-refractivity contribution < 1.29 is 4.42 Å². The molecule has 0 N–H and O–H groups in total. The minimum atomic E-state index is 0.603. The van der Waals surface area contributed by atoms with Crippen LogP contribution in [0.4, 0.5) is 0 Å². The molecule has 8 rings (SSSR count). The molecule has 5 nitrogen and oxygen atoms in total. The Morgan fingerprint density at radius 3 is 1.98 bits per heavy atom. The Labute approximate surface area is 235 Å². The molecular weight excluding hydrogens is 504 g/mol. The number of pyridine rings is 1. The Kier molecular flexibility index (Phi) is 5.38. The van der Waals surface area contributed by atoms with E-state index in [4.69, 9.17) is 19.4 Å². The number of hydrogen-bond donors (Lipinski definition) is 0. The molecule has 3 aromatic heterocycles. The summed E-state index contributed by atoms with van der Waals surface area (Å²) in [6.07, 6.45) is 1.92. The molecule has 0 saturated carbocycles. The number of para-hydroxylation sites is 1. The van der Waals surface area contributed by atoms with Gasteiger partial charge in [0.2, 0.25) is 0 Å². The summed E-state index contributed by atoms with van der Waals surface area (Å²) in [4.78, 5) is 19.7. The molecule has 0 amide bonds. The van der Waals surface area contributed by atoms with Gasteiger partial charge in [0, 0.05) is 44.6 Å². The molecule has 0 bridgehead atoms. The molecule has 0 aliphatic carbocycles. The van der Waals surface area contributed by atoms with Crippen LogP contribution in [0.3, 0.4) is 0 Å². The first-order chi connectivity index (χ1) is 20.3. The van der Waals surface area contributed by atoms with Gasteiger partial charge in [0.1, 0.15) is 11.2 Å². The number of nitrogens with zero attached hydrogens (tertiary/aromatic N) is 4. The number of furan rings is 1. The molecule has 0 saturated heterocycles. The molecule has 5 heteroatoms. The average Bonchev–Trinajstić information content (AvgIpc) is 3.44. The number of fused-ring (bicyclic) bond motifs is 4. The maximum atomic E-state index is 6.16. The highest BCUT2D eigenvalue weighted by molar-refractivity contribution is 6.11. The lowest BCUT2D eigenvalue weighted by molar-refractivity contribution is 0.669. The van der Waals surface area contributed by atoms with E-state index < -0.39 is 0 Å². The van der Waals surface area contributed by atoms with Gasteiger partial charge in [-0.15, -0.1) is 0 Å². The van der Waals surface area contributed by atoms with E-state index >= 15 is 0 Å². The zero-order valence-electron chi connectivity index (χ0n) is 21.9. The molecule has 0 aliphatic rings. The zero-order chi connectivity index (χ0) is 27.2. The largest absolute Gasteiger partial charge is 0.456 e. The van der Waals surface area contributed by atoms with Crippen molar-refractivity contribution in [2.75, 3.05) is 0 Å². The summed E-state index contributed by atoms with van der Waals surface area (Å²) in [6.45, 7) is 0. The highest BCUT2D eigenvalue weighted by atomic mass is 16.3. The first kappa shape index (κ1) is 23.2. The summed E-state index contributed by atoms with van der Waals surface area (Å²) >= 11 is 0. The topological polar surface area (TPSA) is 64.7 Å². The second-order valence-electron chi connectivity index (χ2n) is 9.95. The fraction of sp³-hybridized carbons (Fsp3) is 0. The Hall–Kier alpha value is -5.68. The van der Waals surface area contributed by atoms with Crippen LogP contribution in [0.2, 0.25) is 0 Å². The molecule has 5 aromatic carbocycles. The van der Waals surface area contributed by atoms with Crippen molar-refractivity contribution in [3.05, 3.63) is 134 Å². The Balaban J connectivity index is 1.34. The highest BCUT2D eigenvalue weighted by Crippen LogP contribution is 2.36. The zero-order valence-corrected chi connectivity index (χ0v) is 21.9. The summed E-state index contributed by atoms with van der Waals surface area (Å²) in [7, 11) is 0. The minimum Gasteiger partial charge on any atom is -0.456 e. The summed E-state index contributed by atoms with van der Waals surface area (Å²) in [5.41, 5.74) is 6.39. The van der Waals surface area contributed by atoms with Crippen LogP contribution in [0.5, 0.6) is 0 Å². The molecule has 0 unspecified atom stereocenters. The van der Waals surface area contributed by atoms with Crippen molar-refractivity contribution in [1.29, 1.82) is 0 Å². The van der Waals surface area contributed by atoms with Gasteiger partial charge in [-0.2, -0.15) is 0 Å². The van der Waals surface area contributed by atoms with Crippen molar-refractivity contribution in [2.24, 2.45) is 0 Å². The van der Waals surface area contributed by atoms with E-state index in [-0.39, 0.29) is 0 Å². The van der Waals surface area contributed by atoms with Crippen molar-refractivity contribution >= 4 is 32.7 Å². The fourth-order valence-electron chi connectivity index (χ4n) is 5.35. The van der Waals surface area contributed by atoms with Crippen LogP contribution < -0.4 is 0 Å². The van der Waals surface area contributed by atoms with Gasteiger partial charge in [-0.25, -0.2) is 15.0 Å². The highest BCUT2D eigenvalue weighted by Gasteiger charge is 2.17. The van der Waals surface area contributed by atoms with E-state index in [0.717, 1.165) is 60.7 Å². The lowest BCUT2D eigenvalue weighted by Gasteiger charge is -2.10. The van der Waals surface area contributed by atoms with E-state index in [0.29, 0.717) is 17.5 Å². The molecule has 8 aromatic rings. The SMILES string of the molecule is c1ccc(-c2cc3cc(-c4nc(-c5ccccc5)nc(-c5cccc6oc7ccccc7c56)n4)ccc3cn2)cc1. The predicted molar refractivity (Wildman–Crippen MR) is 164 cm³/mol. The van der Waals surface area contributed by atoms with Crippen molar-refractivity contribution in [3.8, 4) is 45.4 Å². The van der Waals surface area contributed by atoms with Crippen LogP contribution in [-0.2, 0) is 0 Å². The van der Waals surface area contributed by atoms with E-state index in [9.17, 15) is 0 Å². The van der Waals surface area contributed by atoms with Gasteiger partial charge in [-0.05, 0) is 29.7 Å². The third kappa shape index (κ3) is 4.12. The van der Waals surface area contributed by atoms with E-state index in [1.165, 1.54) is 0 Å². The number of benzene rings is 5. The standard InChI is InChI=1S/C36H22N4O/c1-3-10-23(11-4-1)30-21-27-20-25(18-19-26(27)22-37-30)35-38-34(24-12-5-2-6-13-24)39-36(40-35)29-15-9-17-32-33(29)28-14-7-8-16-31(28)41-32/h1-22H. The van der Waals surface area contributed by atoms with E-state index in [2.05, 4.69) is 47.4 Å². The third-order valence-corrected chi connectivity index (χ3v) is 7.36. The van der Waals surface area contributed by atoms with Crippen LogP contribution in [0.1, 0.15) is 0 Å². The lowest BCUT2D eigenvalue weighted by atomic mass is 10.0. The molecule has 0 radical (unpaired) electrons. The molecule has 0 atom stereocenters.